The lowest BCUT2D eigenvalue weighted by Crippen LogP contribution is -2.19. The van der Waals surface area contributed by atoms with Gasteiger partial charge in [-0.25, -0.2) is 4.98 Å². The summed E-state index contributed by atoms with van der Waals surface area (Å²) in [4.78, 5) is 32.3. The van der Waals surface area contributed by atoms with Crippen LogP contribution in [-0.2, 0) is 24.4 Å². The van der Waals surface area contributed by atoms with Crippen LogP contribution in [0.15, 0.2) is 59.7 Å². The number of H-pyrrole nitrogens is 1. The molecule has 0 spiro atoms. The van der Waals surface area contributed by atoms with Crippen LogP contribution in [0.2, 0.25) is 0 Å². The molecule has 0 bridgehead atoms. The van der Waals surface area contributed by atoms with Gasteiger partial charge in [-0.3, -0.25) is 9.59 Å². The maximum Gasteiger partial charge on any atom is 0.416 e. The van der Waals surface area contributed by atoms with Crippen molar-refractivity contribution >= 4 is 22.6 Å². The molecule has 0 saturated carbocycles. The van der Waals surface area contributed by atoms with E-state index in [1.807, 2.05) is 6.92 Å². The molecule has 3 aromatic heterocycles. The zero-order valence-electron chi connectivity index (χ0n) is 17.2. The highest BCUT2D eigenvalue weighted by Gasteiger charge is 2.33. The van der Waals surface area contributed by atoms with E-state index >= 15 is 0 Å². The molecule has 0 saturated heterocycles. The van der Waals surface area contributed by atoms with E-state index in [2.05, 4.69) is 15.3 Å². The first kappa shape index (κ1) is 21.4. The molecule has 6 nitrogen and oxygen atoms in total. The minimum absolute atomic E-state index is 0.114. The van der Waals surface area contributed by atoms with Gasteiger partial charge in [0, 0.05) is 30.4 Å². The fraction of sp³-hybridized carbons (Fsp3) is 0.174. The number of carbonyl (C=O) groups is 1. The van der Waals surface area contributed by atoms with Crippen molar-refractivity contribution in [1.82, 2.24) is 14.5 Å². The molecule has 0 atom stereocenters. The fourth-order valence-electron chi connectivity index (χ4n) is 3.64. The number of aromatic amines is 1. The number of carbonyl (C=O) groups excluding carboxylic acids is 1. The Morgan fingerprint density at radius 1 is 1.16 bits per heavy atom. The first-order valence-electron chi connectivity index (χ1n) is 9.75. The number of anilines is 1. The lowest BCUT2D eigenvalue weighted by atomic mass is 10.0. The summed E-state index contributed by atoms with van der Waals surface area (Å²) in [7, 11) is 1.63. The molecular weight excluding hydrogens is 421 g/mol. The van der Waals surface area contributed by atoms with Crippen LogP contribution < -0.4 is 10.9 Å². The number of fused-ring (bicyclic) bond motifs is 1. The number of nitrogens with one attached hydrogen (secondary N) is 2. The van der Waals surface area contributed by atoms with Crippen LogP contribution in [0, 0.1) is 6.92 Å². The molecule has 0 aliphatic rings. The van der Waals surface area contributed by atoms with E-state index in [-0.39, 0.29) is 16.9 Å². The minimum atomic E-state index is -4.54. The maximum absolute atomic E-state index is 13.2. The van der Waals surface area contributed by atoms with Crippen LogP contribution >= 0.6 is 0 Å². The Balaban J connectivity index is 1.66. The van der Waals surface area contributed by atoms with E-state index in [1.54, 1.807) is 37.6 Å². The second-order valence-electron chi connectivity index (χ2n) is 7.47. The highest BCUT2D eigenvalue weighted by atomic mass is 19.4. The van der Waals surface area contributed by atoms with Crippen molar-refractivity contribution in [2.24, 2.45) is 7.05 Å². The number of aromatic nitrogens is 3. The number of nitrogens with zero attached hydrogens (tertiary/aromatic N) is 2. The molecule has 32 heavy (non-hydrogen) atoms. The molecule has 3 heterocycles. The summed E-state index contributed by atoms with van der Waals surface area (Å²) in [6.07, 6.45) is -1.66. The summed E-state index contributed by atoms with van der Waals surface area (Å²) in [5.74, 6) is -0.408. The number of aryl methyl sites for hydroxylation is 2. The van der Waals surface area contributed by atoms with Gasteiger partial charge in [0.1, 0.15) is 11.3 Å². The van der Waals surface area contributed by atoms with Gasteiger partial charge in [-0.05, 0) is 36.2 Å². The van der Waals surface area contributed by atoms with Crippen LogP contribution in [0.25, 0.3) is 22.2 Å². The molecule has 2 N–H and O–H groups in total. The molecule has 164 valence electrons. The van der Waals surface area contributed by atoms with Crippen LogP contribution in [-0.4, -0.2) is 20.4 Å². The summed E-state index contributed by atoms with van der Waals surface area (Å²) in [5, 5.41) is 3.27. The molecular formula is C23H19F3N4O2. The lowest BCUT2D eigenvalue weighted by molar-refractivity contribution is -0.138. The standard InChI is InChI=1S/C23H19F3N4O2/c1-13-7-8-18(28-19(31)11-14-5-3-4-6-17(14)23(24,25)26)29-20(13)16-12-30(2)22(32)21-15(16)9-10-27-21/h3-10,12,27H,11H2,1-2H3,(H,28,29,31). The number of hydrogen-bond acceptors (Lipinski definition) is 3. The summed E-state index contributed by atoms with van der Waals surface area (Å²) < 4.78 is 41.0. The van der Waals surface area contributed by atoms with Crippen LogP contribution in [0.4, 0.5) is 19.0 Å². The average molecular weight is 440 g/mol. The fourth-order valence-corrected chi connectivity index (χ4v) is 3.64. The number of hydrogen-bond donors (Lipinski definition) is 2. The number of alkyl halides is 3. The van der Waals surface area contributed by atoms with Gasteiger partial charge in [-0.2, -0.15) is 13.2 Å². The van der Waals surface area contributed by atoms with Gasteiger partial charge in [-0.15, -0.1) is 0 Å². The largest absolute Gasteiger partial charge is 0.416 e. The van der Waals surface area contributed by atoms with E-state index in [1.165, 1.54) is 22.8 Å². The molecule has 4 aromatic rings. The summed E-state index contributed by atoms with van der Waals surface area (Å²) in [6.45, 7) is 1.84. The molecule has 0 radical (unpaired) electrons. The third-order valence-corrected chi connectivity index (χ3v) is 5.19. The van der Waals surface area contributed by atoms with E-state index < -0.39 is 24.1 Å². The van der Waals surface area contributed by atoms with Gasteiger partial charge in [0.05, 0.1) is 17.7 Å². The Labute approximate surface area is 180 Å². The van der Waals surface area contributed by atoms with Crippen molar-refractivity contribution in [3.05, 3.63) is 81.9 Å². The molecule has 0 fully saturated rings. The second kappa shape index (κ2) is 7.99. The van der Waals surface area contributed by atoms with Gasteiger partial charge >= 0.3 is 6.18 Å². The van der Waals surface area contributed by atoms with E-state index in [0.29, 0.717) is 22.2 Å². The van der Waals surface area contributed by atoms with Gasteiger partial charge < -0.3 is 14.9 Å². The monoisotopic (exact) mass is 440 g/mol. The van der Waals surface area contributed by atoms with Crippen molar-refractivity contribution in [2.45, 2.75) is 19.5 Å². The molecule has 4 rings (SSSR count). The number of halogens is 3. The lowest BCUT2D eigenvalue weighted by Gasteiger charge is -2.13. The van der Waals surface area contributed by atoms with Crippen molar-refractivity contribution in [3.8, 4) is 11.3 Å². The van der Waals surface area contributed by atoms with Crippen molar-refractivity contribution in [2.75, 3.05) is 5.32 Å². The van der Waals surface area contributed by atoms with Gasteiger partial charge in [0.15, 0.2) is 0 Å². The number of benzene rings is 1. The van der Waals surface area contributed by atoms with Crippen LogP contribution in [0.5, 0.6) is 0 Å². The van der Waals surface area contributed by atoms with E-state index in [0.717, 1.165) is 11.6 Å². The zero-order chi connectivity index (χ0) is 23.0. The van der Waals surface area contributed by atoms with Gasteiger partial charge in [-0.1, -0.05) is 24.3 Å². The normalized spacial score (nSPS) is 11.7. The van der Waals surface area contributed by atoms with Gasteiger partial charge in [0.25, 0.3) is 5.56 Å². The molecule has 9 heteroatoms. The Morgan fingerprint density at radius 3 is 2.66 bits per heavy atom. The predicted octanol–water partition coefficient (Wildman–Crippen LogP) is 4.44. The average Bonchev–Trinajstić information content (AvgIpc) is 3.22. The topological polar surface area (TPSA) is 79.8 Å². The summed E-state index contributed by atoms with van der Waals surface area (Å²) >= 11 is 0. The Bertz CT molecular complexity index is 1390. The SMILES string of the molecule is Cc1ccc(NC(=O)Cc2ccccc2C(F)(F)F)nc1-c1cn(C)c(=O)c2[nH]ccc12. The highest BCUT2D eigenvalue weighted by molar-refractivity contribution is 5.95. The van der Waals surface area contributed by atoms with Crippen LogP contribution in [0.1, 0.15) is 16.7 Å². The quantitative estimate of drug-likeness (QED) is 0.493. The molecule has 0 aliphatic carbocycles. The zero-order valence-corrected chi connectivity index (χ0v) is 17.2. The molecule has 1 aromatic carbocycles. The summed E-state index contributed by atoms with van der Waals surface area (Å²) in [5.41, 5.74) is 1.36. The van der Waals surface area contributed by atoms with E-state index in [9.17, 15) is 22.8 Å². The minimum Gasteiger partial charge on any atom is -0.357 e. The van der Waals surface area contributed by atoms with Crippen molar-refractivity contribution < 1.29 is 18.0 Å². The smallest absolute Gasteiger partial charge is 0.357 e. The Kier molecular flexibility index (Phi) is 5.33. The number of amides is 1. The molecule has 0 unspecified atom stereocenters. The third-order valence-electron chi connectivity index (χ3n) is 5.19. The first-order chi connectivity index (χ1) is 15.1. The van der Waals surface area contributed by atoms with E-state index in [4.69, 9.17) is 0 Å². The Morgan fingerprint density at radius 2 is 1.91 bits per heavy atom. The van der Waals surface area contributed by atoms with Crippen molar-refractivity contribution in [3.63, 3.8) is 0 Å². The highest BCUT2D eigenvalue weighted by Crippen LogP contribution is 2.32. The van der Waals surface area contributed by atoms with Crippen LogP contribution in [0.3, 0.4) is 0 Å². The molecule has 0 aliphatic heterocycles. The first-order valence-corrected chi connectivity index (χ1v) is 9.75. The van der Waals surface area contributed by atoms with Crippen molar-refractivity contribution in [1.29, 1.82) is 0 Å². The summed E-state index contributed by atoms with van der Waals surface area (Å²) in [6, 6.07) is 10.1. The third kappa shape index (κ3) is 4.01. The number of rotatable bonds is 4. The predicted molar refractivity (Wildman–Crippen MR) is 115 cm³/mol. The molecule has 1 amide bonds. The second-order valence-corrected chi connectivity index (χ2v) is 7.47. The Hall–Kier alpha value is -3.88. The maximum atomic E-state index is 13.2. The number of pyridine rings is 2. The van der Waals surface area contributed by atoms with Gasteiger partial charge in [0.2, 0.25) is 5.91 Å².